The molecule has 2 rings (SSSR count). The molecule has 0 aromatic heterocycles. The first-order valence-corrected chi connectivity index (χ1v) is 6.37. The van der Waals surface area contributed by atoms with E-state index in [0.717, 1.165) is 0 Å². The van der Waals surface area contributed by atoms with Crippen LogP contribution in [0.1, 0.15) is 26.2 Å². The number of hydrogen-bond donors (Lipinski definition) is 0. The minimum Gasteiger partial charge on any atom is -1.00 e. The largest absolute Gasteiger partial charge is 1.00 e. The van der Waals surface area contributed by atoms with Crippen molar-refractivity contribution < 1.29 is 37.1 Å². The Bertz CT molecular complexity index is 346. The van der Waals surface area contributed by atoms with Gasteiger partial charge in [-0.3, -0.25) is 0 Å². The second-order valence-electron chi connectivity index (χ2n) is 4.29. The summed E-state index contributed by atoms with van der Waals surface area (Å²) in [6, 6.07) is 0. The molecule has 0 fully saturated rings. The molecule has 0 heterocycles. The molecular formula is C13H15ClZr. The fraction of sp³-hybridized carbons (Fsp3) is 0.385. The molecule has 0 saturated heterocycles. The standard InChI is InChI=1S/C13H15.ClH.Zr/c1-11(13-8-4-5-9-13)10-12-6-2-3-7-12;;/h2-6,8H,7,9-10H2,1H3;1H;/q;;+1/p-1. The first-order valence-electron chi connectivity index (χ1n) is 5.14. The van der Waals surface area contributed by atoms with Gasteiger partial charge in [0.2, 0.25) is 0 Å². The zero-order valence-corrected chi connectivity index (χ0v) is 12.2. The maximum atomic E-state index is 2.39. The molecular weight excluding hydrogens is 283 g/mol. The summed E-state index contributed by atoms with van der Waals surface area (Å²) in [5, 5.41) is 0. The second kappa shape index (κ2) is 5.46. The Labute approximate surface area is 113 Å². The second-order valence-corrected chi connectivity index (χ2v) is 7.00. The van der Waals surface area contributed by atoms with Crippen molar-refractivity contribution in [3.63, 3.8) is 0 Å². The number of hydrogen-bond acceptors (Lipinski definition) is 0. The Balaban J connectivity index is 0.00000112. The minimum absolute atomic E-state index is 0. The normalized spacial score (nSPS) is 21.9. The van der Waals surface area contributed by atoms with Crippen LogP contribution in [0.3, 0.4) is 0 Å². The maximum absolute atomic E-state index is 2.39. The van der Waals surface area contributed by atoms with E-state index in [2.05, 4.69) is 43.4 Å². The molecule has 0 aliphatic heterocycles. The van der Waals surface area contributed by atoms with Gasteiger partial charge in [0.1, 0.15) is 0 Å². The van der Waals surface area contributed by atoms with Crippen LogP contribution in [0.25, 0.3) is 0 Å². The summed E-state index contributed by atoms with van der Waals surface area (Å²) in [4.78, 5) is 0. The van der Waals surface area contributed by atoms with Crippen LogP contribution in [0, 0.1) is 0 Å². The molecule has 2 heteroatoms. The Morgan fingerprint density at radius 2 is 1.87 bits per heavy atom. The smallest absolute Gasteiger partial charge is 1.00 e. The van der Waals surface area contributed by atoms with E-state index in [4.69, 9.17) is 0 Å². The molecule has 0 amide bonds. The van der Waals surface area contributed by atoms with E-state index in [-0.39, 0.29) is 12.4 Å². The molecule has 0 bridgehead atoms. The average Bonchev–Trinajstić information content (AvgIpc) is 2.71. The van der Waals surface area contributed by atoms with Crippen molar-refractivity contribution in [1.82, 2.24) is 0 Å². The van der Waals surface area contributed by atoms with E-state index in [0.29, 0.717) is 3.12 Å². The van der Waals surface area contributed by atoms with Crippen LogP contribution < -0.4 is 12.4 Å². The first-order chi connectivity index (χ1) is 6.68. The monoisotopic (exact) mass is 296 g/mol. The molecule has 15 heavy (non-hydrogen) atoms. The van der Waals surface area contributed by atoms with E-state index < -0.39 is 0 Å². The van der Waals surface area contributed by atoms with Gasteiger partial charge < -0.3 is 12.4 Å². The van der Waals surface area contributed by atoms with Crippen LogP contribution in [0.4, 0.5) is 0 Å². The molecule has 0 radical (unpaired) electrons. The zero-order chi connectivity index (χ0) is 10.0. The maximum Gasteiger partial charge on any atom is -1.00 e. The third kappa shape index (κ3) is 3.29. The van der Waals surface area contributed by atoms with E-state index in [1.54, 1.807) is 35.9 Å². The van der Waals surface area contributed by atoms with Crippen molar-refractivity contribution in [3.8, 4) is 0 Å². The van der Waals surface area contributed by atoms with Crippen molar-refractivity contribution in [2.75, 3.05) is 0 Å². The van der Waals surface area contributed by atoms with Gasteiger partial charge in [0.15, 0.2) is 0 Å². The number of halogens is 1. The fourth-order valence-electron chi connectivity index (χ4n) is 2.05. The molecule has 0 saturated carbocycles. The molecule has 0 nitrogen and oxygen atoms in total. The van der Waals surface area contributed by atoms with Crippen LogP contribution in [0.15, 0.2) is 47.6 Å². The van der Waals surface area contributed by atoms with Gasteiger partial charge in [0.05, 0.1) is 0 Å². The Morgan fingerprint density at radius 1 is 1.20 bits per heavy atom. The van der Waals surface area contributed by atoms with Crippen molar-refractivity contribution in [2.24, 2.45) is 0 Å². The van der Waals surface area contributed by atoms with Gasteiger partial charge in [0.25, 0.3) is 0 Å². The van der Waals surface area contributed by atoms with Crippen molar-refractivity contribution in [2.45, 2.75) is 29.3 Å². The van der Waals surface area contributed by atoms with Gasteiger partial charge in [0, 0.05) is 0 Å². The Morgan fingerprint density at radius 3 is 2.40 bits per heavy atom. The molecule has 1 atom stereocenters. The SMILES string of the molecule is C[C]([Zr+])(CC1=CC=CC1)C1=CC=CC1.[Cl-]. The third-order valence-corrected chi connectivity index (χ3v) is 4.13. The van der Waals surface area contributed by atoms with Crippen molar-refractivity contribution in [3.05, 3.63) is 47.6 Å². The molecule has 78 valence electrons. The van der Waals surface area contributed by atoms with Crippen molar-refractivity contribution >= 4 is 0 Å². The molecule has 2 aliphatic rings. The van der Waals surface area contributed by atoms with Gasteiger partial charge in [-0.25, -0.2) is 0 Å². The average molecular weight is 298 g/mol. The van der Waals surface area contributed by atoms with E-state index in [1.165, 1.54) is 19.3 Å². The van der Waals surface area contributed by atoms with Crippen LogP contribution >= 0.6 is 0 Å². The summed E-state index contributed by atoms with van der Waals surface area (Å²) in [5.74, 6) is 0. The summed E-state index contributed by atoms with van der Waals surface area (Å²) >= 11 is 1.64. The predicted octanol–water partition coefficient (Wildman–Crippen LogP) is 0.879. The molecule has 0 aromatic rings. The summed E-state index contributed by atoms with van der Waals surface area (Å²) in [6.45, 7) is 2.39. The van der Waals surface area contributed by atoms with Gasteiger partial charge in [-0.15, -0.1) is 0 Å². The first kappa shape index (κ1) is 13.2. The Hall–Kier alpha value is 0.133. The Kier molecular flexibility index (Phi) is 4.80. The number of allylic oxidation sites excluding steroid dienone is 8. The summed E-state index contributed by atoms with van der Waals surface area (Å²) in [6.07, 6.45) is 17.1. The van der Waals surface area contributed by atoms with Crippen LogP contribution in [0.5, 0.6) is 0 Å². The molecule has 1 unspecified atom stereocenters. The van der Waals surface area contributed by atoms with Gasteiger partial charge in [-0.05, 0) is 0 Å². The molecule has 2 aliphatic carbocycles. The van der Waals surface area contributed by atoms with E-state index >= 15 is 0 Å². The van der Waals surface area contributed by atoms with Crippen LogP contribution in [-0.4, -0.2) is 0 Å². The molecule has 0 aromatic carbocycles. The summed E-state index contributed by atoms with van der Waals surface area (Å²) in [5.41, 5.74) is 3.21. The molecule has 0 spiro atoms. The fourth-order valence-corrected chi connectivity index (χ4v) is 3.06. The van der Waals surface area contributed by atoms with Crippen LogP contribution in [-0.2, 0) is 24.7 Å². The van der Waals surface area contributed by atoms with Gasteiger partial charge >= 0.3 is 102 Å². The topological polar surface area (TPSA) is 0 Å². The van der Waals surface area contributed by atoms with Gasteiger partial charge in [-0.1, -0.05) is 0 Å². The predicted molar refractivity (Wildman–Crippen MR) is 56.7 cm³/mol. The zero-order valence-electron chi connectivity index (χ0n) is 8.96. The number of rotatable bonds is 3. The van der Waals surface area contributed by atoms with Crippen molar-refractivity contribution in [1.29, 1.82) is 0 Å². The summed E-state index contributed by atoms with van der Waals surface area (Å²) < 4.78 is 0.425. The third-order valence-electron chi connectivity index (χ3n) is 2.91. The van der Waals surface area contributed by atoms with E-state index in [1.807, 2.05) is 0 Å². The van der Waals surface area contributed by atoms with E-state index in [9.17, 15) is 0 Å². The quantitative estimate of drug-likeness (QED) is 0.725. The molecule has 0 N–H and O–H groups in total. The minimum atomic E-state index is 0. The van der Waals surface area contributed by atoms with Gasteiger partial charge in [-0.2, -0.15) is 0 Å². The summed E-state index contributed by atoms with van der Waals surface area (Å²) in [7, 11) is 0. The van der Waals surface area contributed by atoms with Crippen LogP contribution in [0.2, 0.25) is 3.12 Å².